The Balaban J connectivity index is 1.84. The van der Waals surface area contributed by atoms with Crippen LogP contribution in [0.2, 0.25) is 0 Å². The molecule has 0 amide bonds. The lowest BCUT2D eigenvalue weighted by Crippen LogP contribution is -2.57. The molecule has 2 nitrogen and oxygen atoms in total. The first kappa shape index (κ1) is 11.1. The first-order valence-corrected chi connectivity index (χ1v) is 6.58. The summed E-state index contributed by atoms with van der Waals surface area (Å²) in [5, 5.41) is 2.15. The van der Waals surface area contributed by atoms with Gasteiger partial charge in [0.1, 0.15) is 0 Å². The van der Waals surface area contributed by atoms with Gasteiger partial charge in [-0.15, -0.1) is 11.3 Å². The molecule has 0 radical (unpaired) electrons. The van der Waals surface area contributed by atoms with Crippen molar-refractivity contribution in [2.75, 3.05) is 20.1 Å². The molecule has 0 bridgehead atoms. The quantitative estimate of drug-likeness (QED) is 0.830. The van der Waals surface area contributed by atoms with Gasteiger partial charge < -0.3 is 5.73 Å². The van der Waals surface area contributed by atoms with Crippen LogP contribution in [0.5, 0.6) is 0 Å². The highest BCUT2D eigenvalue weighted by atomic mass is 32.1. The minimum atomic E-state index is 0.331. The molecule has 84 valence electrons. The summed E-state index contributed by atoms with van der Waals surface area (Å²) in [6.45, 7) is 1.95. The van der Waals surface area contributed by atoms with Crippen molar-refractivity contribution in [2.24, 2.45) is 5.73 Å². The van der Waals surface area contributed by atoms with Gasteiger partial charge in [-0.2, -0.15) is 0 Å². The second-order valence-electron chi connectivity index (χ2n) is 4.53. The zero-order valence-corrected chi connectivity index (χ0v) is 10.2. The van der Waals surface area contributed by atoms with E-state index >= 15 is 0 Å². The summed E-state index contributed by atoms with van der Waals surface area (Å²) >= 11 is 1.85. The molecule has 0 atom stereocenters. The van der Waals surface area contributed by atoms with Crippen molar-refractivity contribution >= 4 is 11.3 Å². The Kier molecular flexibility index (Phi) is 3.44. The van der Waals surface area contributed by atoms with Gasteiger partial charge in [-0.3, -0.25) is 4.90 Å². The maximum Gasteiger partial charge on any atom is 0.0328 e. The standard InChI is InChI=1S/C12H20N2S/c1-14(12(10-13)6-3-7-12)8-5-11-4-2-9-15-11/h2,4,9H,3,5-8,10,13H2,1H3. The second kappa shape index (κ2) is 4.64. The first-order valence-electron chi connectivity index (χ1n) is 5.70. The zero-order chi connectivity index (χ0) is 10.7. The number of nitrogens with two attached hydrogens (primary N) is 1. The molecule has 0 saturated heterocycles. The van der Waals surface area contributed by atoms with E-state index in [1.165, 1.54) is 24.1 Å². The molecular weight excluding hydrogens is 204 g/mol. The van der Waals surface area contributed by atoms with Gasteiger partial charge >= 0.3 is 0 Å². The molecule has 0 unspecified atom stereocenters. The Morgan fingerprint density at radius 2 is 2.33 bits per heavy atom. The Labute approximate surface area is 96.1 Å². The van der Waals surface area contributed by atoms with E-state index in [2.05, 4.69) is 29.5 Å². The van der Waals surface area contributed by atoms with Gasteiger partial charge in [0.15, 0.2) is 0 Å². The minimum absolute atomic E-state index is 0.331. The molecule has 2 rings (SSSR count). The van der Waals surface area contributed by atoms with E-state index in [-0.39, 0.29) is 0 Å². The molecule has 0 aromatic carbocycles. The predicted octanol–water partition coefficient (Wildman–Crippen LogP) is 2.10. The minimum Gasteiger partial charge on any atom is -0.329 e. The van der Waals surface area contributed by atoms with Gasteiger partial charge in [0.05, 0.1) is 0 Å². The van der Waals surface area contributed by atoms with Crippen LogP contribution < -0.4 is 5.73 Å². The van der Waals surface area contributed by atoms with Crippen molar-refractivity contribution in [3.63, 3.8) is 0 Å². The summed E-state index contributed by atoms with van der Waals surface area (Å²) < 4.78 is 0. The predicted molar refractivity (Wildman–Crippen MR) is 66.3 cm³/mol. The van der Waals surface area contributed by atoms with Crippen LogP contribution in [0.4, 0.5) is 0 Å². The van der Waals surface area contributed by atoms with E-state index in [1.54, 1.807) is 0 Å². The summed E-state index contributed by atoms with van der Waals surface area (Å²) in [5.41, 5.74) is 6.21. The third kappa shape index (κ3) is 2.25. The maximum absolute atomic E-state index is 5.88. The van der Waals surface area contributed by atoms with Gasteiger partial charge in [0, 0.05) is 23.5 Å². The maximum atomic E-state index is 5.88. The zero-order valence-electron chi connectivity index (χ0n) is 9.41. The normalized spacial score (nSPS) is 19.1. The molecule has 1 saturated carbocycles. The number of thiophene rings is 1. The topological polar surface area (TPSA) is 29.3 Å². The number of likely N-dealkylation sites (N-methyl/N-ethyl adjacent to an activating group) is 1. The Hall–Kier alpha value is -0.380. The van der Waals surface area contributed by atoms with Gasteiger partial charge in [-0.05, 0) is 44.2 Å². The number of nitrogens with zero attached hydrogens (tertiary/aromatic N) is 1. The average molecular weight is 224 g/mol. The lowest BCUT2D eigenvalue weighted by molar-refractivity contribution is 0.0475. The van der Waals surface area contributed by atoms with Gasteiger partial charge in [0.2, 0.25) is 0 Å². The third-order valence-corrected chi connectivity index (χ3v) is 4.68. The Morgan fingerprint density at radius 1 is 1.53 bits per heavy atom. The Morgan fingerprint density at radius 3 is 2.80 bits per heavy atom. The molecule has 1 aliphatic rings. The van der Waals surface area contributed by atoms with Crippen LogP contribution in [0.1, 0.15) is 24.1 Å². The van der Waals surface area contributed by atoms with Crippen LogP contribution in [-0.2, 0) is 6.42 Å². The van der Waals surface area contributed by atoms with Crippen molar-refractivity contribution < 1.29 is 0 Å². The van der Waals surface area contributed by atoms with Crippen molar-refractivity contribution in [1.82, 2.24) is 4.90 Å². The van der Waals surface area contributed by atoms with E-state index in [9.17, 15) is 0 Å². The molecule has 0 spiro atoms. The van der Waals surface area contributed by atoms with E-state index in [1.807, 2.05) is 11.3 Å². The van der Waals surface area contributed by atoms with Crippen LogP contribution >= 0.6 is 11.3 Å². The van der Waals surface area contributed by atoms with Gasteiger partial charge in [0.25, 0.3) is 0 Å². The molecule has 0 aliphatic heterocycles. The summed E-state index contributed by atoms with van der Waals surface area (Å²) in [4.78, 5) is 3.95. The van der Waals surface area contributed by atoms with Crippen LogP contribution in [-0.4, -0.2) is 30.6 Å². The molecule has 1 aromatic heterocycles. The first-order chi connectivity index (χ1) is 7.27. The van der Waals surface area contributed by atoms with Crippen molar-refractivity contribution in [3.8, 4) is 0 Å². The highest BCUT2D eigenvalue weighted by molar-refractivity contribution is 7.09. The monoisotopic (exact) mass is 224 g/mol. The van der Waals surface area contributed by atoms with Gasteiger partial charge in [-0.25, -0.2) is 0 Å². The van der Waals surface area contributed by atoms with Crippen molar-refractivity contribution in [2.45, 2.75) is 31.2 Å². The largest absolute Gasteiger partial charge is 0.329 e. The molecule has 1 heterocycles. The van der Waals surface area contributed by atoms with Crippen LogP contribution in [0, 0.1) is 0 Å². The SMILES string of the molecule is CN(CCc1cccs1)C1(CN)CCC1. The number of rotatable bonds is 5. The molecule has 1 fully saturated rings. The molecular formula is C12H20N2S. The van der Waals surface area contributed by atoms with Crippen LogP contribution in [0.15, 0.2) is 17.5 Å². The molecule has 1 aromatic rings. The van der Waals surface area contributed by atoms with Crippen LogP contribution in [0.25, 0.3) is 0 Å². The number of hydrogen-bond acceptors (Lipinski definition) is 3. The van der Waals surface area contributed by atoms with E-state index in [0.717, 1.165) is 19.5 Å². The molecule has 3 heteroatoms. The summed E-state index contributed by atoms with van der Waals surface area (Å²) in [7, 11) is 2.22. The van der Waals surface area contributed by atoms with E-state index in [4.69, 9.17) is 5.73 Å². The van der Waals surface area contributed by atoms with Crippen LogP contribution in [0.3, 0.4) is 0 Å². The van der Waals surface area contributed by atoms with E-state index < -0.39 is 0 Å². The fraction of sp³-hybridized carbons (Fsp3) is 0.667. The van der Waals surface area contributed by atoms with Gasteiger partial charge in [-0.1, -0.05) is 6.07 Å². The second-order valence-corrected chi connectivity index (χ2v) is 5.57. The third-order valence-electron chi connectivity index (χ3n) is 3.75. The fourth-order valence-corrected chi connectivity index (χ4v) is 2.99. The highest BCUT2D eigenvalue weighted by Gasteiger charge is 2.38. The summed E-state index contributed by atoms with van der Waals surface area (Å²) in [6.07, 6.45) is 5.07. The molecule has 15 heavy (non-hydrogen) atoms. The lowest BCUT2D eigenvalue weighted by Gasteiger charge is -2.48. The van der Waals surface area contributed by atoms with Crippen molar-refractivity contribution in [1.29, 1.82) is 0 Å². The number of hydrogen-bond donors (Lipinski definition) is 1. The Bertz CT molecular complexity index is 285. The molecule has 1 aliphatic carbocycles. The lowest BCUT2D eigenvalue weighted by atomic mass is 9.75. The smallest absolute Gasteiger partial charge is 0.0328 e. The van der Waals surface area contributed by atoms with E-state index in [0.29, 0.717) is 5.54 Å². The fourth-order valence-electron chi connectivity index (χ4n) is 2.30. The summed E-state index contributed by atoms with van der Waals surface area (Å²) in [5.74, 6) is 0. The molecule has 2 N–H and O–H groups in total. The van der Waals surface area contributed by atoms with Crippen molar-refractivity contribution in [3.05, 3.63) is 22.4 Å². The highest BCUT2D eigenvalue weighted by Crippen LogP contribution is 2.35. The average Bonchev–Trinajstić information content (AvgIpc) is 2.66. The summed E-state index contributed by atoms with van der Waals surface area (Å²) in [6, 6.07) is 4.34.